The molecular weight excluding hydrogens is 382 g/mol. The Morgan fingerprint density at radius 3 is 2.35 bits per heavy atom. The van der Waals surface area contributed by atoms with Crippen molar-refractivity contribution in [2.24, 2.45) is 46.3 Å². The van der Waals surface area contributed by atoms with Crippen LogP contribution in [0, 0.1) is 57.7 Å². The van der Waals surface area contributed by atoms with Crippen LogP contribution in [-0.2, 0) is 4.74 Å². The van der Waals surface area contributed by atoms with Crippen LogP contribution in [0.1, 0.15) is 82.5 Å². The Morgan fingerprint density at radius 1 is 0.935 bits per heavy atom. The predicted octanol–water partition coefficient (Wildman–Crippen LogP) is 6.64. The highest BCUT2D eigenvalue weighted by atomic mass is 16.5. The highest BCUT2D eigenvalue weighted by Gasteiger charge is 2.61. The van der Waals surface area contributed by atoms with E-state index in [1.165, 1.54) is 38.5 Å². The van der Waals surface area contributed by atoms with Gasteiger partial charge < -0.3 is 4.74 Å². The van der Waals surface area contributed by atoms with Gasteiger partial charge in [-0.3, -0.25) is 0 Å². The smallest absolute Gasteiger partial charge is 0.338 e. The lowest BCUT2D eigenvalue weighted by Crippen LogP contribution is -2.56. The molecule has 166 valence electrons. The number of nitriles is 1. The minimum atomic E-state index is -0.170. The summed E-state index contributed by atoms with van der Waals surface area (Å²) in [5.74, 6) is 3.43. The van der Waals surface area contributed by atoms with Crippen LogP contribution in [0.15, 0.2) is 30.3 Å². The molecule has 9 atom stereocenters. The first-order valence-corrected chi connectivity index (χ1v) is 12.5. The van der Waals surface area contributed by atoms with E-state index in [4.69, 9.17) is 4.74 Å². The fourth-order valence-electron chi connectivity index (χ4n) is 8.85. The van der Waals surface area contributed by atoms with Crippen LogP contribution in [0.5, 0.6) is 0 Å². The van der Waals surface area contributed by atoms with Gasteiger partial charge in [0.15, 0.2) is 0 Å². The summed E-state index contributed by atoms with van der Waals surface area (Å²) in [7, 11) is 0. The molecular formula is C28H37NO2. The molecule has 3 heteroatoms. The topological polar surface area (TPSA) is 50.1 Å². The number of fused-ring (bicyclic) bond motifs is 5. The molecule has 5 rings (SSSR count). The Balaban J connectivity index is 1.32. The average molecular weight is 420 g/mol. The van der Waals surface area contributed by atoms with Crippen molar-refractivity contribution in [2.45, 2.75) is 78.2 Å². The third-order valence-electron chi connectivity index (χ3n) is 10.6. The summed E-state index contributed by atoms with van der Waals surface area (Å²) < 4.78 is 6.06. The van der Waals surface area contributed by atoms with Crippen molar-refractivity contribution in [3.63, 3.8) is 0 Å². The molecule has 31 heavy (non-hydrogen) atoms. The maximum Gasteiger partial charge on any atom is 0.338 e. The normalized spacial score (nSPS) is 46.2. The molecule has 4 aliphatic carbocycles. The van der Waals surface area contributed by atoms with Gasteiger partial charge in [0.25, 0.3) is 0 Å². The van der Waals surface area contributed by atoms with Gasteiger partial charge in [0, 0.05) is 0 Å². The van der Waals surface area contributed by atoms with E-state index in [0.29, 0.717) is 22.8 Å². The molecule has 4 aliphatic rings. The average Bonchev–Trinajstić information content (AvgIpc) is 3.12. The Labute approximate surface area is 187 Å². The van der Waals surface area contributed by atoms with Crippen LogP contribution < -0.4 is 0 Å². The molecule has 0 spiro atoms. The third kappa shape index (κ3) is 3.16. The van der Waals surface area contributed by atoms with Crippen LogP contribution in [-0.4, -0.2) is 12.1 Å². The lowest BCUT2D eigenvalue weighted by molar-refractivity contribution is -0.146. The molecule has 3 nitrogen and oxygen atoms in total. The first-order chi connectivity index (χ1) is 14.9. The number of hydrogen-bond acceptors (Lipinski definition) is 3. The minimum Gasteiger partial charge on any atom is -0.458 e. The zero-order valence-corrected chi connectivity index (χ0v) is 19.3. The SMILES string of the molecule is C[C@H]1[C@H](OC(=O)c2ccccc2)CC[C@@]2(C)[C@H]1CC[C@@H]1[C@@H]2CC[C@]2(C)[C@@H](C#N)CC[C@@H]12. The molecule has 0 heterocycles. The summed E-state index contributed by atoms with van der Waals surface area (Å²) in [4.78, 5) is 12.7. The van der Waals surface area contributed by atoms with E-state index in [0.717, 1.165) is 30.6 Å². The summed E-state index contributed by atoms with van der Waals surface area (Å²) in [6.45, 7) is 7.31. The predicted molar refractivity (Wildman–Crippen MR) is 121 cm³/mol. The highest BCUT2D eigenvalue weighted by Crippen LogP contribution is 2.68. The first kappa shape index (κ1) is 21.0. The number of esters is 1. The number of benzene rings is 1. The van der Waals surface area contributed by atoms with Crippen molar-refractivity contribution in [2.75, 3.05) is 0 Å². The standard InChI is InChI=1S/C28H37NO2/c1-18-22-12-10-21-23-11-9-20(17-29)27(23,2)15-13-24(21)28(22,3)16-14-25(18)31-26(30)19-7-5-4-6-8-19/h4-8,18,20-25H,9-16H2,1-3H3/t18-,20-,21+,22+,23+,24+,25-,27-,28+/m1/s1. The van der Waals surface area contributed by atoms with Crippen molar-refractivity contribution in [1.82, 2.24) is 0 Å². The van der Waals surface area contributed by atoms with Crippen LogP contribution in [0.4, 0.5) is 0 Å². The molecule has 0 N–H and O–H groups in total. The highest BCUT2D eigenvalue weighted by molar-refractivity contribution is 5.89. The van der Waals surface area contributed by atoms with Crippen LogP contribution in [0.3, 0.4) is 0 Å². The summed E-state index contributed by atoms with van der Waals surface area (Å²) >= 11 is 0. The quantitative estimate of drug-likeness (QED) is 0.505. The van der Waals surface area contributed by atoms with Crippen LogP contribution >= 0.6 is 0 Å². The Morgan fingerprint density at radius 2 is 1.61 bits per heavy atom. The molecule has 0 amide bonds. The number of carbonyl (C=O) groups excluding carboxylic acids is 1. The van der Waals surface area contributed by atoms with E-state index in [1.54, 1.807) is 0 Å². The number of rotatable bonds is 2. The van der Waals surface area contributed by atoms with Gasteiger partial charge in [-0.2, -0.15) is 5.26 Å². The molecule has 0 radical (unpaired) electrons. The number of ether oxygens (including phenoxy) is 1. The lowest BCUT2D eigenvalue weighted by Gasteiger charge is -2.62. The van der Waals surface area contributed by atoms with Gasteiger partial charge in [-0.05, 0) is 104 Å². The molecule has 4 saturated carbocycles. The minimum absolute atomic E-state index is 0.0330. The molecule has 0 unspecified atom stereocenters. The maximum atomic E-state index is 12.7. The summed E-state index contributed by atoms with van der Waals surface area (Å²) in [5, 5.41) is 9.73. The lowest BCUT2D eigenvalue weighted by atomic mass is 9.43. The fraction of sp³-hybridized carbons (Fsp3) is 0.714. The number of hydrogen-bond donors (Lipinski definition) is 0. The van der Waals surface area contributed by atoms with Gasteiger partial charge in [-0.1, -0.05) is 39.0 Å². The van der Waals surface area contributed by atoms with E-state index in [2.05, 4.69) is 26.8 Å². The zero-order chi connectivity index (χ0) is 21.8. The summed E-state index contributed by atoms with van der Waals surface area (Å²) in [5.41, 5.74) is 1.25. The van der Waals surface area contributed by atoms with Gasteiger partial charge in [0.1, 0.15) is 6.10 Å². The molecule has 1 aromatic carbocycles. The monoisotopic (exact) mass is 419 g/mol. The molecule has 1 aromatic rings. The van der Waals surface area contributed by atoms with E-state index in [9.17, 15) is 10.1 Å². The molecule has 0 bridgehead atoms. The number of carbonyl (C=O) groups is 1. The van der Waals surface area contributed by atoms with Crippen molar-refractivity contribution in [3.8, 4) is 6.07 Å². The van der Waals surface area contributed by atoms with Gasteiger partial charge in [0.05, 0.1) is 17.6 Å². The van der Waals surface area contributed by atoms with Gasteiger partial charge in [-0.25, -0.2) is 4.79 Å². The molecule has 4 fully saturated rings. The van der Waals surface area contributed by atoms with Crippen LogP contribution in [0.25, 0.3) is 0 Å². The second-order valence-electron chi connectivity index (χ2n) is 11.6. The largest absolute Gasteiger partial charge is 0.458 e. The Bertz CT molecular complexity index is 875. The fourth-order valence-corrected chi connectivity index (χ4v) is 8.85. The zero-order valence-electron chi connectivity index (χ0n) is 19.3. The van der Waals surface area contributed by atoms with Gasteiger partial charge in [-0.15, -0.1) is 0 Å². The summed E-state index contributed by atoms with van der Waals surface area (Å²) in [6, 6.07) is 12.1. The van der Waals surface area contributed by atoms with Crippen molar-refractivity contribution in [3.05, 3.63) is 35.9 Å². The van der Waals surface area contributed by atoms with Gasteiger partial charge in [0.2, 0.25) is 0 Å². The first-order valence-electron chi connectivity index (χ1n) is 12.5. The van der Waals surface area contributed by atoms with Crippen LogP contribution in [0.2, 0.25) is 0 Å². The van der Waals surface area contributed by atoms with Crippen molar-refractivity contribution in [1.29, 1.82) is 5.26 Å². The maximum absolute atomic E-state index is 12.7. The van der Waals surface area contributed by atoms with E-state index >= 15 is 0 Å². The number of nitrogens with zero attached hydrogens (tertiary/aromatic N) is 1. The Kier molecular flexibility index (Phi) is 5.19. The van der Waals surface area contributed by atoms with Crippen molar-refractivity contribution < 1.29 is 9.53 Å². The molecule has 0 saturated heterocycles. The Hall–Kier alpha value is -1.82. The second-order valence-corrected chi connectivity index (χ2v) is 11.6. The van der Waals surface area contributed by atoms with E-state index in [-0.39, 0.29) is 23.4 Å². The molecule has 0 aliphatic heterocycles. The second kappa shape index (κ2) is 7.65. The van der Waals surface area contributed by atoms with E-state index in [1.807, 2.05) is 30.3 Å². The van der Waals surface area contributed by atoms with E-state index < -0.39 is 0 Å². The van der Waals surface area contributed by atoms with Crippen molar-refractivity contribution >= 4 is 5.97 Å². The van der Waals surface area contributed by atoms with Gasteiger partial charge >= 0.3 is 5.97 Å². The molecule has 0 aromatic heterocycles. The third-order valence-corrected chi connectivity index (χ3v) is 10.6. The summed E-state index contributed by atoms with van der Waals surface area (Å²) in [6.07, 6.45) is 9.60.